The number of carbonyl (C=O) groups is 2. The molecular weight excluding hydrogens is 388 g/mol. The quantitative estimate of drug-likeness (QED) is 0.689. The summed E-state index contributed by atoms with van der Waals surface area (Å²) in [6.07, 6.45) is 1.84. The second-order valence-electron chi connectivity index (χ2n) is 6.88. The van der Waals surface area contributed by atoms with Crippen LogP contribution in [0.1, 0.15) is 48.2 Å². The van der Waals surface area contributed by atoms with Gasteiger partial charge in [-0.05, 0) is 53.9 Å². The number of aromatic hydroxyl groups is 1. The van der Waals surface area contributed by atoms with E-state index < -0.39 is 5.97 Å². The number of hydrogen-bond donors (Lipinski definition) is 2. The molecule has 0 spiro atoms. The summed E-state index contributed by atoms with van der Waals surface area (Å²) in [6.45, 7) is 6.58. The van der Waals surface area contributed by atoms with E-state index in [-0.39, 0.29) is 17.2 Å². The van der Waals surface area contributed by atoms with Crippen LogP contribution < -0.4 is 0 Å². The topological polar surface area (TPSA) is 90.2 Å². The molecule has 0 saturated carbocycles. The first-order chi connectivity index (χ1) is 13.8. The van der Waals surface area contributed by atoms with Gasteiger partial charge in [0.2, 0.25) is 0 Å². The highest BCUT2D eigenvalue weighted by Gasteiger charge is 2.32. The monoisotopic (exact) mass is 410 g/mol. The molecule has 0 aliphatic carbocycles. The number of phenols is 1. The molecule has 0 unspecified atom stereocenters. The normalized spacial score (nSPS) is 17.0. The number of carboxylic acids is 1. The van der Waals surface area contributed by atoms with Gasteiger partial charge in [-0.3, -0.25) is 9.69 Å². The molecular formula is C22H22N2O4S. The van der Waals surface area contributed by atoms with Crippen LogP contribution in [0.5, 0.6) is 5.75 Å². The van der Waals surface area contributed by atoms with Gasteiger partial charge in [-0.15, -0.1) is 0 Å². The fourth-order valence-electron chi connectivity index (χ4n) is 2.88. The number of amidine groups is 1. The second-order valence-corrected chi connectivity index (χ2v) is 7.89. The van der Waals surface area contributed by atoms with Crippen molar-refractivity contribution < 1.29 is 19.8 Å². The molecule has 1 saturated heterocycles. The molecule has 0 bridgehead atoms. The summed E-state index contributed by atoms with van der Waals surface area (Å²) in [5.74, 6) is -1.26. The molecule has 29 heavy (non-hydrogen) atoms. The van der Waals surface area contributed by atoms with Crippen molar-refractivity contribution in [2.45, 2.75) is 26.7 Å². The molecule has 1 fully saturated rings. The van der Waals surface area contributed by atoms with Gasteiger partial charge in [0.1, 0.15) is 11.3 Å². The minimum atomic E-state index is -1.21. The van der Waals surface area contributed by atoms with Gasteiger partial charge in [0.15, 0.2) is 5.17 Å². The van der Waals surface area contributed by atoms with Crippen molar-refractivity contribution in [3.05, 3.63) is 64.1 Å². The first kappa shape index (κ1) is 20.7. The Labute approximate surface area is 173 Å². The average molecular weight is 410 g/mol. The van der Waals surface area contributed by atoms with Crippen LogP contribution in [0.3, 0.4) is 0 Å². The summed E-state index contributed by atoms with van der Waals surface area (Å²) in [5, 5.41) is 19.4. The maximum atomic E-state index is 12.8. The highest BCUT2D eigenvalue weighted by Crippen LogP contribution is 2.35. The van der Waals surface area contributed by atoms with Gasteiger partial charge < -0.3 is 10.2 Å². The molecule has 2 aromatic rings. The fraction of sp³-hybridized carbons (Fsp3) is 0.227. The van der Waals surface area contributed by atoms with Crippen LogP contribution in [-0.2, 0) is 4.79 Å². The van der Waals surface area contributed by atoms with Crippen LogP contribution >= 0.6 is 11.8 Å². The summed E-state index contributed by atoms with van der Waals surface area (Å²) in [5.41, 5.74) is 2.36. The Morgan fingerprint density at radius 2 is 1.90 bits per heavy atom. The Hall–Kier alpha value is -3.06. The van der Waals surface area contributed by atoms with Crippen LogP contribution in [0.25, 0.3) is 6.08 Å². The van der Waals surface area contributed by atoms with Gasteiger partial charge in [0.25, 0.3) is 5.91 Å². The lowest BCUT2D eigenvalue weighted by Crippen LogP contribution is -2.28. The number of carbonyl (C=O) groups excluding carboxylic acids is 1. The standard InChI is InChI=1S/C22H22N2O4S/c1-4-24-20(26)19(11-14-5-7-15(8-6-14)13(2)3)29-22(24)23-16-9-10-17(21(27)28)18(25)12-16/h5-13,25H,4H2,1-3H3,(H,27,28)/b19-11-,23-22?. The number of benzene rings is 2. The average Bonchev–Trinajstić information content (AvgIpc) is 2.96. The highest BCUT2D eigenvalue weighted by molar-refractivity contribution is 8.18. The number of hydrogen-bond acceptors (Lipinski definition) is 5. The van der Waals surface area contributed by atoms with Crippen LogP contribution in [0.15, 0.2) is 52.4 Å². The molecule has 3 rings (SSSR count). The lowest BCUT2D eigenvalue weighted by molar-refractivity contribution is -0.122. The summed E-state index contributed by atoms with van der Waals surface area (Å²) >= 11 is 1.26. The van der Waals surface area contributed by atoms with Gasteiger partial charge in [0.05, 0.1) is 10.6 Å². The van der Waals surface area contributed by atoms with Crippen molar-refractivity contribution in [2.24, 2.45) is 4.99 Å². The molecule has 150 valence electrons. The van der Waals surface area contributed by atoms with E-state index in [0.29, 0.717) is 28.2 Å². The van der Waals surface area contributed by atoms with Gasteiger partial charge in [0, 0.05) is 12.6 Å². The minimum Gasteiger partial charge on any atom is -0.507 e. The largest absolute Gasteiger partial charge is 0.507 e. The number of carboxylic acid groups (broad SMARTS) is 1. The maximum absolute atomic E-state index is 12.8. The first-order valence-electron chi connectivity index (χ1n) is 9.26. The van der Waals surface area contributed by atoms with Gasteiger partial charge in [-0.2, -0.15) is 0 Å². The molecule has 6 nitrogen and oxygen atoms in total. The van der Waals surface area contributed by atoms with Gasteiger partial charge >= 0.3 is 5.97 Å². The second kappa shape index (κ2) is 8.53. The van der Waals surface area contributed by atoms with E-state index in [1.54, 1.807) is 4.90 Å². The molecule has 0 radical (unpaired) electrons. The van der Waals surface area contributed by atoms with Crippen molar-refractivity contribution >= 4 is 40.6 Å². The molecule has 2 aromatic carbocycles. The number of aliphatic imine (C=N–C) groups is 1. The Kier molecular flexibility index (Phi) is 6.08. The number of rotatable bonds is 5. The predicted molar refractivity (Wildman–Crippen MR) is 116 cm³/mol. The number of thioether (sulfide) groups is 1. The van der Waals surface area contributed by atoms with Gasteiger partial charge in [-0.1, -0.05) is 38.1 Å². The van der Waals surface area contributed by atoms with E-state index in [4.69, 9.17) is 5.11 Å². The number of nitrogens with zero attached hydrogens (tertiary/aromatic N) is 2. The third-order valence-corrected chi connectivity index (χ3v) is 5.55. The lowest BCUT2D eigenvalue weighted by Gasteiger charge is -2.12. The Morgan fingerprint density at radius 3 is 2.45 bits per heavy atom. The SMILES string of the molecule is CCN1C(=O)/C(=C/c2ccc(C(C)C)cc2)SC1=Nc1ccc(C(=O)O)c(O)c1. The summed E-state index contributed by atoms with van der Waals surface area (Å²) < 4.78 is 0. The zero-order valence-corrected chi connectivity index (χ0v) is 17.2. The van der Waals surface area contributed by atoms with Crippen LogP contribution in [0.4, 0.5) is 5.69 Å². The predicted octanol–water partition coefficient (Wildman–Crippen LogP) is 4.84. The van der Waals surface area contributed by atoms with Crippen molar-refractivity contribution in [1.82, 2.24) is 4.90 Å². The fourth-order valence-corrected chi connectivity index (χ4v) is 3.94. The molecule has 0 aromatic heterocycles. The van der Waals surface area contributed by atoms with E-state index in [2.05, 4.69) is 31.0 Å². The molecule has 0 atom stereocenters. The zero-order chi connectivity index (χ0) is 21.1. The Bertz CT molecular complexity index is 1010. The molecule has 1 aliphatic heterocycles. The molecule has 2 N–H and O–H groups in total. The Morgan fingerprint density at radius 1 is 1.21 bits per heavy atom. The highest BCUT2D eigenvalue weighted by atomic mass is 32.2. The van der Waals surface area contributed by atoms with E-state index in [9.17, 15) is 14.7 Å². The smallest absolute Gasteiger partial charge is 0.339 e. The van der Waals surface area contributed by atoms with E-state index >= 15 is 0 Å². The third kappa shape index (κ3) is 4.51. The van der Waals surface area contributed by atoms with Crippen molar-refractivity contribution in [1.29, 1.82) is 0 Å². The summed E-state index contributed by atoms with van der Waals surface area (Å²) in [7, 11) is 0. The number of likely N-dealkylation sites (N-methyl/N-ethyl adjacent to an activating group) is 1. The van der Waals surface area contributed by atoms with Crippen LogP contribution in [0.2, 0.25) is 0 Å². The summed E-state index contributed by atoms with van der Waals surface area (Å²) in [6, 6.07) is 12.2. The molecule has 1 amide bonds. The maximum Gasteiger partial charge on any atom is 0.339 e. The lowest BCUT2D eigenvalue weighted by atomic mass is 10.0. The van der Waals surface area contributed by atoms with Crippen LogP contribution in [0, 0.1) is 0 Å². The molecule has 1 heterocycles. The molecule has 1 aliphatic rings. The minimum absolute atomic E-state index is 0.129. The summed E-state index contributed by atoms with van der Waals surface area (Å²) in [4.78, 5) is 30.4. The van der Waals surface area contributed by atoms with E-state index in [1.807, 2.05) is 25.1 Å². The van der Waals surface area contributed by atoms with Crippen molar-refractivity contribution in [3.63, 3.8) is 0 Å². The van der Waals surface area contributed by atoms with Crippen molar-refractivity contribution in [2.75, 3.05) is 6.54 Å². The molecule has 7 heteroatoms. The first-order valence-corrected chi connectivity index (χ1v) is 10.1. The van der Waals surface area contributed by atoms with E-state index in [1.165, 1.54) is 35.5 Å². The number of amides is 1. The zero-order valence-electron chi connectivity index (χ0n) is 16.4. The Balaban J connectivity index is 1.89. The number of aromatic carboxylic acids is 1. The van der Waals surface area contributed by atoms with Crippen LogP contribution in [-0.4, -0.2) is 38.7 Å². The van der Waals surface area contributed by atoms with E-state index in [0.717, 1.165) is 5.56 Å². The third-order valence-electron chi connectivity index (χ3n) is 4.54. The van der Waals surface area contributed by atoms with Gasteiger partial charge in [-0.25, -0.2) is 9.79 Å². The van der Waals surface area contributed by atoms with Crippen molar-refractivity contribution in [3.8, 4) is 5.75 Å².